The van der Waals surface area contributed by atoms with Gasteiger partial charge in [0.1, 0.15) is 5.76 Å². The van der Waals surface area contributed by atoms with Crippen LogP contribution in [0.3, 0.4) is 0 Å². The van der Waals surface area contributed by atoms with E-state index in [0.717, 1.165) is 23.6 Å². The van der Waals surface area contributed by atoms with Gasteiger partial charge in [-0.15, -0.1) is 0 Å². The molecule has 0 aliphatic heterocycles. The first kappa shape index (κ1) is 11.3. The van der Waals surface area contributed by atoms with Gasteiger partial charge >= 0.3 is 0 Å². The van der Waals surface area contributed by atoms with Crippen molar-refractivity contribution in [2.45, 2.75) is 12.8 Å². The molecular weight excluding hydrogens is 220 g/mol. The first-order valence-electron chi connectivity index (χ1n) is 5.30. The standard InChI is InChI=1S/C14H14ClO/c1-16-14-4-2-3-12(10-14)9-11-5-7-13(15)8-6-11/h3-8,10H,2,9H2,1H3. The van der Waals surface area contributed by atoms with Crippen molar-refractivity contribution in [2.75, 3.05) is 7.11 Å². The molecular formula is C14H14ClO. The summed E-state index contributed by atoms with van der Waals surface area (Å²) in [6, 6.07) is 7.96. The van der Waals surface area contributed by atoms with Crippen molar-refractivity contribution in [2.24, 2.45) is 0 Å². The van der Waals surface area contributed by atoms with Crippen molar-refractivity contribution in [3.63, 3.8) is 0 Å². The summed E-state index contributed by atoms with van der Waals surface area (Å²) in [4.78, 5) is 0. The molecule has 83 valence electrons. The molecule has 2 heteroatoms. The zero-order valence-electron chi connectivity index (χ0n) is 9.24. The molecule has 1 aromatic rings. The summed E-state index contributed by atoms with van der Waals surface area (Å²) in [5.41, 5.74) is 2.56. The largest absolute Gasteiger partial charge is 0.497 e. The number of methoxy groups -OCH3 is 1. The molecule has 0 spiro atoms. The van der Waals surface area contributed by atoms with E-state index in [-0.39, 0.29) is 0 Å². The van der Waals surface area contributed by atoms with Crippen LogP contribution in [0.15, 0.2) is 47.7 Å². The second kappa shape index (κ2) is 5.22. The number of rotatable bonds is 3. The highest BCUT2D eigenvalue weighted by molar-refractivity contribution is 6.30. The summed E-state index contributed by atoms with van der Waals surface area (Å²) in [5, 5.41) is 0.780. The van der Waals surface area contributed by atoms with E-state index in [0.29, 0.717) is 0 Å². The van der Waals surface area contributed by atoms with Gasteiger partial charge in [-0.25, -0.2) is 0 Å². The van der Waals surface area contributed by atoms with E-state index >= 15 is 0 Å². The van der Waals surface area contributed by atoms with Crippen molar-refractivity contribution in [1.29, 1.82) is 0 Å². The van der Waals surface area contributed by atoms with Crippen LogP contribution >= 0.6 is 11.6 Å². The molecule has 0 bridgehead atoms. The number of benzene rings is 1. The fraction of sp³-hybridized carbons (Fsp3) is 0.214. The maximum atomic E-state index is 5.85. The van der Waals surface area contributed by atoms with E-state index < -0.39 is 0 Å². The molecule has 0 heterocycles. The van der Waals surface area contributed by atoms with E-state index in [9.17, 15) is 0 Å². The first-order chi connectivity index (χ1) is 7.78. The van der Waals surface area contributed by atoms with Crippen molar-refractivity contribution < 1.29 is 4.74 Å². The van der Waals surface area contributed by atoms with Gasteiger partial charge in [-0.1, -0.05) is 29.3 Å². The van der Waals surface area contributed by atoms with Gasteiger partial charge in [0.2, 0.25) is 0 Å². The summed E-state index contributed by atoms with van der Waals surface area (Å²) in [5.74, 6) is 0.950. The zero-order chi connectivity index (χ0) is 11.4. The van der Waals surface area contributed by atoms with Crippen molar-refractivity contribution >= 4 is 11.6 Å². The van der Waals surface area contributed by atoms with Gasteiger partial charge < -0.3 is 4.74 Å². The Balaban J connectivity index is 2.07. The maximum absolute atomic E-state index is 5.85. The van der Waals surface area contributed by atoms with E-state index in [1.807, 2.05) is 12.1 Å². The number of ether oxygens (including phenoxy) is 1. The third-order valence-corrected chi connectivity index (χ3v) is 2.84. The second-order valence-electron chi connectivity index (χ2n) is 3.77. The lowest BCUT2D eigenvalue weighted by atomic mass is 9.97. The topological polar surface area (TPSA) is 9.23 Å². The molecule has 1 nitrogen and oxygen atoms in total. The Morgan fingerprint density at radius 2 is 2.00 bits per heavy atom. The predicted molar refractivity (Wildman–Crippen MR) is 67.2 cm³/mol. The quantitative estimate of drug-likeness (QED) is 0.768. The Hall–Kier alpha value is -1.21. The van der Waals surface area contributed by atoms with E-state index in [1.165, 1.54) is 11.1 Å². The fourth-order valence-corrected chi connectivity index (χ4v) is 1.86. The third-order valence-electron chi connectivity index (χ3n) is 2.58. The minimum absolute atomic E-state index is 0.780. The van der Waals surface area contributed by atoms with Gasteiger partial charge in [0, 0.05) is 5.02 Å². The lowest BCUT2D eigenvalue weighted by molar-refractivity contribution is 0.304. The van der Waals surface area contributed by atoms with E-state index in [2.05, 4.69) is 30.7 Å². The highest BCUT2D eigenvalue weighted by Crippen LogP contribution is 2.21. The van der Waals surface area contributed by atoms with Crippen molar-refractivity contribution in [3.05, 3.63) is 64.8 Å². The van der Waals surface area contributed by atoms with Gasteiger partial charge in [0.15, 0.2) is 0 Å². The van der Waals surface area contributed by atoms with Crippen LogP contribution in [-0.4, -0.2) is 7.11 Å². The zero-order valence-corrected chi connectivity index (χ0v) is 10.00. The van der Waals surface area contributed by atoms with Crippen LogP contribution in [0.1, 0.15) is 12.0 Å². The average Bonchev–Trinajstić information content (AvgIpc) is 2.32. The van der Waals surface area contributed by atoms with Gasteiger partial charge in [0.25, 0.3) is 0 Å². The molecule has 0 amide bonds. The highest BCUT2D eigenvalue weighted by Gasteiger charge is 2.06. The minimum Gasteiger partial charge on any atom is -0.497 e. The normalized spacial score (nSPS) is 15.4. The molecule has 0 atom stereocenters. The predicted octanol–water partition coefficient (Wildman–Crippen LogP) is 3.95. The third kappa shape index (κ3) is 2.89. The van der Waals surface area contributed by atoms with Gasteiger partial charge in [-0.2, -0.15) is 0 Å². The lowest BCUT2D eigenvalue weighted by Gasteiger charge is -2.12. The molecule has 1 aromatic carbocycles. The van der Waals surface area contributed by atoms with Crippen LogP contribution in [-0.2, 0) is 11.2 Å². The van der Waals surface area contributed by atoms with Crippen molar-refractivity contribution in [3.8, 4) is 0 Å². The van der Waals surface area contributed by atoms with Crippen LogP contribution < -0.4 is 0 Å². The van der Waals surface area contributed by atoms with Gasteiger partial charge in [-0.05, 0) is 49.1 Å². The highest BCUT2D eigenvalue weighted by atomic mass is 35.5. The maximum Gasteiger partial charge on any atom is 0.114 e. The summed E-state index contributed by atoms with van der Waals surface area (Å²) in [6.07, 6.45) is 8.25. The molecule has 0 fully saturated rings. The Bertz CT molecular complexity index is 415. The second-order valence-corrected chi connectivity index (χ2v) is 4.21. The summed E-state index contributed by atoms with van der Waals surface area (Å²) in [6.45, 7) is 0. The fourth-order valence-electron chi connectivity index (χ4n) is 1.73. The molecule has 16 heavy (non-hydrogen) atoms. The monoisotopic (exact) mass is 233 g/mol. The molecule has 0 saturated carbocycles. The number of allylic oxidation sites excluding steroid dienone is 3. The minimum atomic E-state index is 0.780. The van der Waals surface area contributed by atoms with Crippen LogP contribution in [0, 0.1) is 6.42 Å². The summed E-state index contributed by atoms with van der Waals surface area (Å²) < 4.78 is 5.22. The lowest BCUT2D eigenvalue weighted by Crippen LogP contribution is -1.98. The Morgan fingerprint density at radius 1 is 1.25 bits per heavy atom. The van der Waals surface area contributed by atoms with Crippen LogP contribution in [0.2, 0.25) is 5.02 Å². The van der Waals surface area contributed by atoms with Gasteiger partial charge in [-0.3, -0.25) is 0 Å². The average molecular weight is 234 g/mol. The Morgan fingerprint density at radius 3 is 2.69 bits per heavy atom. The Labute approximate surface area is 101 Å². The van der Waals surface area contributed by atoms with E-state index in [1.54, 1.807) is 7.11 Å². The number of hydrogen-bond donors (Lipinski definition) is 0. The molecule has 1 aliphatic carbocycles. The summed E-state index contributed by atoms with van der Waals surface area (Å²) in [7, 11) is 1.70. The Kier molecular flexibility index (Phi) is 3.68. The smallest absolute Gasteiger partial charge is 0.114 e. The number of halogens is 1. The van der Waals surface area contributed by atoms with Crippen LogP contribution in [0.4, 0.5) is 0 Å². The molecule has 0 unspecified atom stereocenters. The van der Waals surface area contributed by atoms with Crippen LogP contribution in [0.25, 0.3) is 0 Å². The molecule has 2 rings (SSSR count). The molecule has 1 aliphatic rings. The van der Waals surface area contributed by atoms with E-state index in [4.69, 9.17) is 16.3 Å². The van der Waals surface area contributed by atoms with Crippen LogP contribution in [0.5, 0.6) is 0 Å². The molecule has 0 aromatic heterocycles. The number of hydrogen-bond acceptors (Lipinski definition) is 1. The molecule has 0 N–H and O–H groups in total. The SMILES string of the molecule is COC1=CC[CH]C(Cc2ccc(Cl)cc2)=C1. The first-order valence-corrected chi connectivity index (χ1v) is 5.68. The van der Waals surface area contributed by atoms with Crippen molar-refractivity contribution in [1.82, 2.24) is 0 Å². The van der Waals surface area contributed by atoms with Gasteiger partial charge in [0.05, 0.1) is 7.11 Å². The summed E-state index contributed by atoms with van der Waals surface area (Å²) >= 11 is 5.85. The molecule has 1 radical (unpaired) electrons. The molecule has 0 saturated heterocycles.